The molecule has 6 nitrogen and oxygen atoms in total. The first kappa shape index (κ1) is 23.4. The number of carbonyl (C=O) groups is 2. The number of halogens is 1. The highest BCUT2D eigenvalue weighted by atomic mass is 79.9. The van der Waals surface area contributed by atoms with E-state index in [2.05, 4.69) is 26.2 Å². The minimum absolute atomic E-state index is 0.00650. The quantitative estimate of drug-likeness (QED) is 0.249. The summed E-state index contributed by atoms with van der Waals surface area (Å²) in [7, 11) is 0. The topological polar surface area (TPSA) is 103 Å². The molecular weight excluding hydrogens is 494 g/mol. The van der Waals surface area contributed by atoms with Gasteiger partial charge in [0.15, 0.2) is 0 Å². The Kier molecular flexibility index (Phi) is 6.90. The van der Waals surface area contributed by atoms with E-state index < -0.39 is 17.4 Å². The lowest BCUT2D eigenvalue weighted by Gasteiger charge is -2.31. The Bertz CT molecular complexity index is 1290. The molecule has 1 aliphatic rings. The standard InChI is InChI=1S/C27H22BrN3O3/c28-24-5-3-4-23(30-24)16-21(17-29)25(32)31-27(14-1-2-15-27)22-12-10-19(11-13-22)18-6-8-20(9-7-18)26(33)34/h3-13,16H,1-2,14-15H2,(H,31,32)(H,33,34)/b21-16+. The first-order valence-corrected chi connectivity index (χ1v) is 11.7. The lowest BCUT2D eigenvalue weighted by Crippen LogP contribution is -2.44. The van der Waals surface area contributed by atoms with E-state index in [-0.39, 0.29) is 11.1 Å². The monoisotopic (exact) mass is 515 g/mol. The van der Waals surface area contributed by atoms with Gasteiger partial charge in [-0.25, -0.2) is 9.78 Å². The van der Waals surface area contributed by atoms with Gasteiger partial charge in [-0.2, -0.15) is 5.26 Å². The summed E-state index contributed by atoms with van der Waals surface area (Å²) < 4.78 is 0.629. The normalized spacial score (nSPS) is 14.9. The second kappa shape index (κ2) is 10.0. The molecular formula is C27H22BrN3O3. The molecule has 0 bridgehead atoms. The molecule has 0 atom stereocenters. The van der Waals surface area contributed by atoms with Gasteiger partial charge in [-0.3, -0.25) is 4.79 Å². The van der Waals surface area contributed by atoms with Crippen LogP contribution >= 0.6 is 15.9 Å². The van der Waals surface area contributed by atoms with Crippen LogP contribution in [-0.2, 0) is 10.3 Å². The summed E-state index contributed by atoms with van der Waals surface area (Å²) in [5.41, 5.74) is 3.10. The average Bonchev–Trinajstić information content (AvgIpc) is 3.32. The molecule has 0 saturated heterocycles. The average molecular weight is 516 g/mol. The number of aromatic carboxylic acids is 1. The van der Waals surface area contributed by atoms with Crippen molar-refractivity contribution in [3.05, 3.63) is 93.7 Å². The van der Waals surface area contributed by atoms with Crippen LogP contribution in [-0.4, -0.2) is 22.0 Å². The number of carboxylic acids is 1. The zero-order valence-corrected chi connectivity index (χ0v) is 19.9. The third kappa shape index (κ3) is 5.08. The molecule has 1 heterocycles. The number of benzene rings is 2. The maximum atomic E-state index is 13.1. The number of pyridine rings is 1. The van der Waals surface area contributed by atoms with Crippen molar-refractivity contribution in [2.45, 2.75) is 31.2 Å². The van der Waals surface area contributed by atoms with Crippen LogP contribution in [0.4, 0.5) is 0 Å². The third-order valence-electron chi connectivity index (χ3n) is 6.11. The highest BCUT2D eigenvalue weighted by molar-refractivity contribution is 9.10. The van der Waals surface area contributed by atoms with E-state index in [1.165, 1.54) is 6.08 Å². The lowest BCUT2D eigenvalue weighted by atomic mass is 9.86. The summed E-state index contributed by atoms with van der Waals surface area (Å²) in [4.78, 5) is 28.5. The maximum Gasteiger partial charge on any atom is 0.335 e. The highest BCUT2D eigenvalue weighted by Crippen LogP contribution is 2.39. The molecule has 0 spiro atoms. The van der Waals surface area contributed by atoms with Gasteiger partial charge in [-0.1, -0.05) is 55.3 Å². The SMILES string of the molecule is N#C/C(=C\c1cccc(Br)n1)C(=O)NC1(c2ccc(-c3ccc(C(=O)O)cc3)cc2)CCCC1. The summed E-state index contributed by atoms with van der Waals surface area (Å²) in [6.45, 7) is 0. The fourth-order valence-electron chi connectivity index (χ4n) is 4.34. The molecule has 0 radical (unpaired) electrons. The summed E-state index contributed by atoms with van der Waals surface area (Å²) in [5.74, 6) is -1.37. The van der Waals surface area contributed by atoms with Crippen LogP contribution in [0, 0.1) is 11.3 Å². The highest BCUT2D eigenvalue weighted by Gasteiger charge is 2.37. The molecule has 0 aliphatic heterocycles. The zero-order chi connectivity index (χ0) is 24.1. The van der Waals surface area contributed by atoms with Crippen LogP contribution in [0.25, 0.3) is 17.2 Å². The van der Waals surface area contributed by atoms with E-state index in [0.717, 1.165) is 42.4 Å². The first-order chi connectivity index (χ1) is 16.4. The molecule has 1 fully saturated rings. The van der Waals surface area contributed by atoms with Gasteiger partial charge in [0, 0.05) is 0 Å². The zero-order valence-electron chi connectivity index (χ0n) is 18.3. The van der Waals surface area contributed by atoms with Crippen molar-refractivity contribution in [2.75, 3.05) is 0 Å². The Balaban J connectivity index is 1.58. The van der Waals surface area contributed by atoms with Gasteiger partial charge in [0.1, 0.15) is 16.2 Å². The summed E-state index contributed by atoms with van der Waals surface area (Å²) in [6, 6.07) is 22.0. The van der Waals surface area contributed by atoms with Crippen LogP contribution in [0.1, 0.15) is 47.3 Å². The molecule has 3 aromatic rings. The van der Waals surface area contributed by atoms with Gasteiger partial charge < -0.3 is 10.4 Å². The molecule has 4 rings (SSSR count). The first-order valence-electron chi connectivity index (χ1n) is 10.9. The number of aromatic nitrogens is 1. The second-order valence-electron chi connectivity index (χ2n) is 8.26. The van der Waals surface area contributed by atoms with Crippen molar-refractivity contribution < 1.29 is 14.7 Å². The van der Waals surface area contributed by atoms with Crippen molar-refractivity contribution in [1.29, 1.82) is 5.26 Å². The Morgan fingerprint density at radius 2 is 1.62 bits per heavy atom. The van der Waals surface area contributed by atoms with E-state index in [1.807, 2.05) is 30.3 Å². The Labute approximate surface area is 206 Å². The fourth-order valence-corrected chi connectivity index (χ4v) is 4.69. The van der Waals surface area contributed by atoms with Crippen molar-refractivity contribution in [3.63, 3.8) is 0 Å². The number of carboxylic acid groups (broad SMARTS) is 1. The Hall–Kier alpha value is -3.76. The predicted octanol–water partition coefficient (Wildman–Crippen LogP) is 5.70. The van der Waals surface area contributed by atoms with E-state index in [1.54, 1.807) is 42.5 Å². The van der Waals surface area contributed by atoms with E-state index >= 15 is 0 Å². The number of carbonyl (C=O) groups excluding carboxylic acids is 1. The number of rotatable bonds is 6. The van der Waals surface area contributed by atoms with Crippen LogP contribution in [0.3, 0.4) is 0 Å². The molecule has 2 aromatic carbocycles. The number of hydrogen-bond donors (Lipinski definition) is 2. The number of amides is 1. The van der Waals surface area contributed by atoms with Crippen LogP contribution in [0.2, 0.25) is 0 Å². The Morgan fingerprint density at radius 1 is 1.00 bits per heavy atom. The van der Waals surface area contributed by atoms with E-state index in [4.69, 9.17) is 5.11 Å². The van der Waals surface area contributed by atoms with Gasteiger partial charge in [0.05, 0.1) is 16.8 Å². The Morgan fingerprint density at radius 3 is 2.18 bits per heavy atom. The number of nitriles is 1. The number of nitrogens with zero attached hydrogens (tertiary/aromatic N) is 2. The van der Waals surface area contributed by atoms with E-state index in [0.29, 0.717) is 10.3 Å². The summed E-state index contributed by atoms with van der Waals surface area (Å²) >= 11 is 3.30. The van der Waals surface area contributed by atoms with Crippen molar-refractivity contribution in [1.82, 2.24) is 10.3 Å². The maximum absolute atomic E-state index is 13.1. The molecule has 34 heavy (non-hydrogen) atoms. The van der Waals surface area contributed by atoms with Crippen LogP contribution < -0.4 is 5.32 Å². The van der Waals surface area contributed by atoms with Gasteiger partial charge in [0.25, 0.3) is 5.91 Å². The van der Waals surface area contributed by atoms with Gasteiger partial charge >= 0.3 is 5.97 Å². The number of hydrogen-bond acceptors (Lipinski definition) is 4. The van der Waals surface area contributed by atoms with Crippen molar-refractivity contribution in [3.8, 4) is 17.2 Å². The minimum Gasteiger partial charge on any atom is -0.478 e. The molecule has 2 N–H and O–H groups in total. The third-order valence-corrected chi connectivity index (χ3v) is 6.55. The summed E-state index contributed by atoms with van der Waals surface area (Å²) in [5, 5.41) is 21.8. The molecule has 1 aromatic heterocycles. The van der Waals surface area contributed by atoms with Gasteiger partial charge in [0.2, 0.25) is 0 Å². The number of nitrogens with one attached hydrogen (secondary N) is 1. The molecule has 1 aliphatic carbocycles. The van der Waals surface area contributed by atoms with Gasteiger partial charge in [-0.05, 0) is 75.8 Å². The minimum atomic E-state index is -0.956. The molecule has 0 unspecified atom stereocenters. The lowest BCUT2D eigenvalue weighted by molar-refractivity contribution is -0.119. The van der Waals surface area contributed by atoms with Gasteiger partial charge in [-0.15, -0.1) is 0 Å². The van der Waals surface area contributed by atoms with Crippen LogP contribution in [0.5, 0.6) is 0 Å². The largest absolute Gasteiger partial charge is 0.478 e. The fraction of sp³-hybridized carbons (Fsp3) is 0.185. The van der Waals surface area contributed by atoms with Crippen LogP contribution in [0.15, 0.2) is 76.9 Å². The van der Waals surface area contributed by atoms with E-state index in [9.17, 15) is 14.9 Å². The summed E-state index contributed by atoms with van der Waals surface area (Å²) in [6.07, 6.45) is 5.04. The van der Waals surface area contributed by atoms with Crippen molar-refractivity contribution in [2.24, 2.45) is 0 Å². The smallest absolute Gasteiger partial charge is 0.335 e. The molecule has 1 amide bonds. The van der Waals surface area contributed by atoms with Crippen molar-refractivity contribution >= 4 is 33.9 Å². The molecule has 1 saturated carbocycles. The molecule has 7 heteroatoms. The molecule has 170 valence electrons. The second-order valence-corrected chi connectivity index (χ2v) is 9.07. The predicted molar refractivity (Wildman–Crippen MR) is 133 cm³/mol.